The third-order valence-electron chi connectivity index (χ3n) is 3.09. The van der Waals surface area contributed by atoms with Crippen LogP contribution in [0.2, 0.25) is 0 Å². The number of carbonyl (C=O) groups excluding carboxylic acids is 1. The fourth-order valence-corrected chi connectivity index (χ4v) is 2.66. The molecule has 1 amide bonds. The van der Waals surface area contributed by atoms with Crippen molar-refractivity contribution in [3.8, 4) is 0 Å². The minimum Gasteiger partial charge on any atom is -0.341 e. The zero-order chi connectivity index (χ0) is 9.26. The predicted octanol–water partition coefficient (Wildman–Crippen LogP) is 1.81. The Morgan fingerprint density at radius 3 is 2.31 bits per heavy atom. The van der Waals surface area contributed by atoms with E-state index in [-0.39, 0.29) is 5.91 Å². The molecule has 2 aliphatic rings. The van der Waals surface area contributed by atoms with E-state index >= 15 is 0 Å². The number of hydrogen-bond donors (Lipinski definition) is 0. The van der Waals surface area contributed by atoms with Crippen molar-refractivity contribution in [1.29, 1.82) is 0 Å². The molecule has 1 heterocycles. The molecule has 1 saturated heterocycles. The molecule has 0 aromatic carbocycles. The summed E-state index contributed by atoms with van der Waals surface area (Å²) < 4.78 is 0. The maximum absolute atomic E-state index is 11.4. The summed E-state index contributed by atoms with van der Waals surface area (Å²) >= 11 is 3.22. The average Bonchev–Trinajstić information content (AvgIpc) is 2.59. The van der Waals surface area contributed by atoms with Gasteiger partial charge in [0.05, 0.1) is 5.33 Å². The molecular weight excluding hydrogens is 230 g/mol. The van der Waals surface area contributed by atoms with E-state index < -0.39 is 0 Å². The van der Waals surface area contributed by atoms with Gasteiger partial charge in [-0.2, -0.15) is 0 Å². The number of allylic oxidation sites excluding steroid dienone is 2. The molecule has 2 atom stereocenters. The lowest BCUT2D eigenvalue weighted by Gasteiger charge is -2.17. The molecule has 2 rings (SSSR count). The number of alkyl halides is 1. The predicted molar refractivity (Wildman–Crippen MR) is 55.7 cm³/mol. The van der Waals surface area contributed by atoms with Crippen molar-refractivity contribution in [2.24, 2.45) is 11.8 Å². The number of rotatable bonds is 1. The Hall–Kier alpha value is -0.310. The van der Waals surface area contributed by atoms with Crippen LogP contribution in [-0.2, 0) is 4.79 Å². The highest BCUT2D eigenvalue weighted by Crippen LogP contribution is 2.32. The van der Waals surface area contributed by atoms with E-state index in [0.717, 1.165) is 37.8 Å². The van der Waals surface area contributed by atoms with Crippen LogP contribution < -0.4 is 0 Å². The second kappa shape index (κ2) is 3.82. The van der Waals surface area contributed by atoms with Gasteiger partial charge in [0, 0.05) is 13.1 Å². The molecular formula is C10H14BrNO. The maximum Gasteiger partial charge on any atom is 0.233 e. The number of nitrogens with zero attached hydrogens (tertiary/aromatic N) is 1. The fraction of sp³-hybridized carbons (Fsp3) is 0.700. The van der Waals surface area contributed by atoms with E-state index in [9.17, 15) is 4.79 Å². The number of halogens is 1. The van der Waals surface area contributed by atoms with Gasteiger partial charge in [-0.05, 0) is 24.7 Å². The lowest BCUT2D eigenvalue weighted by atomic mass is 9.86. The SMILES string of the molecule is O=C(CBr)N1C[C@H]2CC=CC[C@H]2C1. The fourth-order valence-electron chi connectivity index (χ4n) is 2.30. The molecule has 1 fully saturated rings. The zero-order valence-corrected chi connectivity index (χ0v) is 9.16. The van der Waals surface area contributed by atoms with Crippen LogP contribution in [0, 0.1) is 11.8 Å². The lowest BCUT2D eigenvalue weighted by Crippen LogP contribution is -2.29. The van der Waals surface area contributed by atoms with E-state index in [4.69, 9.17) is 0 Å². The van der Waals surface area contributed by atoms with E-state index in [0.29, 0.717) is 5.33 Å². The highest BCUT2D eigenvalue weighted by molar-refractivity contribution is 9.09. The number of fused-ring (bicyclic) bond motifs is 1. The van der Waals surface area contributed by atoms with Crippen LogP contribution in [0.25, 0.3) is 0 Å². The lowest BCUT2D eigenvalue weighted by molar-refractivity contribution is -0.127. The molecule has 0 bridgehead atoms. The van der Waals surface area contributed by atoms with Crippen LogP contribution >= 0.6 is 15.9 Å². The summed E-state index contributed by atoms with van der Waals surface area (Å²) in [4.78, 5) is 13.4. The van der Waals surface area contributed by atoms with Crippen molar-refractivity contribution in [3.05, 3.63) is 12.2 Å². The van der Waals surface area contributed by atoms with Gasteiger partial charge in [0.2, 0.25) is 5.91 Å². The first kappa shape index (κ1) is 9.25. The van der Waals surface area contributed by atoms with Gasteiger partial charge in [0.15, 0.2) is 0 Å². The molecule has 1 aliphatic heterocycles. The molecule has 1 aliphatic carbocycles. The number of hydrogen-bond acceptors (Lipinski definition) is 1. The highest BCUT2D eigenvalue weighted by Gasteiger charge is 2.34. The summed E-state index contributed by atoms with van der Waals surface area (Å²) in [6.45, 7) is 1.94. The Labute approximate surface area is 87.1 Å². The normalized spacial score (nSPS) is 31.9. The van der Waals surface area contributed by atoms with Gasteiger partial charge >= 0.3 is 0 Å². The standard InChI is InChI=1S/C10H14BrNO/c11-5-10(13)12-6-8-3-1-2-4-9(8)7-12/h1-2,8-9H,3-7H2/t8-,9+. The summed E-state index contributed by atoms with van der Waals surface area (Å²) in [6, 6.07) is 0. The number of likely N-dealkylation sites (tertiary alicyclic amines) is 1. The molecule has 0 spiro atoms. The van der Waals surface area contributed by atoms with Crippen molar-refractivity contribution < 1.29 is 4.79 Å². The molecule has 13 heavy (non-hydrogen) atoms. The second-order valence-corrected chi connectivity index (χ2v) is 4.46. The monoisotopic (exact) mass is 243 g/mol. The van der Waals surface area contributed by atoms with Gasteiger partial charge in [-0.15, -0.1) is 0 Å². The van der Waals surface area contributed by atoms with Crippen LogP contribution in [0.4, 0.5) is 0 Å². The number of carbonyl (C=O) groups is 1. The number of amides is 1. The average molecular weight is 244 g/mol. The minimum absolute atomic E-state index is 0.245. The van der Waals surface area contributed by atoms with Crippen molar-refractivity contribution >= 4 is 21.8 Å². The van der Waals surface area contributed by atoms with E-state index in [2.05, 4.69) is 28.1 Å². The first-order valence-electron chi connectivity index (χ1n) is 4.80. The minimum atomic E-state index is 0.245. The summed E-state index contributed by atoms with van der Waals surface area (Å²) in [5, 5.41) is 0.472. The highest BCUT2D eigenvalue weighted by atomic mass is 79.9. The third-order valence-corrected chi connectivity index (χ3v) is 3.57. The molecule has 0 unspecified atom stereocenters. The van der Waals surface area contributed by atoms with Gasteiger partial charge in [0.1, 0.15) is 0 Å². The van der Waals surface area contributed by atoms with Gasteiger partial charge in [-0.25, -0.2) is 0 Å². The molecule has 0 N–H and O–H groups in total. The molecule has 0 aromatic heterocycles. The van der Waals surface area contributed by atoms with E-state index in [1.54, 1.807) is 0 Å². The Kier molecular flexibility index (Phi) is 2.72. The first-order valence-corrected chi connectivity index (χ1v) is 5.92. The Morgan fingerprint density at radius 1 is 1.31 bits per heavy atom. The summed E-state index contributed by atoms with van der Waals surface area (Å²) in [5.41, 5.74) is 0. The van der Waals surface area contributed by atoms with Crippen molar-refractivity contribution in [1.82, 2.24) is 4.90 Å². The molecule has 0 radical (unpaired) electrons. The smallest absolute Gasteiger partial charge is 0.233 e. The van der Waals surface area contributed by atoms with Crippen molar-refractivity contribution in [2.45, 2.75) is 12.8 Å². The largest absolute Gasteiger partial charge is 0.341 e. The van der Waals surface area contributed by atoms with Crippen molar-refractivity contribution in [2.75, 3.05) is 18.4 Å². The second-order valence-electron chi connectivity index (χ2n) is 3.90. The van der Waals surface area contributed by atoms with Gasteiger partial charge < -0.3 is 4.90 Å². The quantitative estimate of drug-likeness (QED) is 0.508. The van der Waals surface area contributed by atoms with Crippen LogP contribution in [0.15, 0.2) is 12.2 Å². The van der Waals surface area contributed by atoms with E-state index in [1.165, 1.54) is 0 Å². The first-order chi connectivity index (χ1) is 6.31. The Bertz CT molecular complexity index is 223. The summed E-state index contributed by atoms with van der Waals surface area (Å²) in [5.74, 6) is 1.70. The molecule has 0 saturated carbocycles. The molecule has 0 aromatic rings. The zero-order valence-electron chi connectivity index (χ0n) is 7.58. The van der Waals surface area contributed by atoms with Gasteiger partial charge in [-0.1, -0.05) is 28.1 Å². The van der Waals surface area contributed by atoms with Crippen molar-refractivity contribution in [3.63, 3.8) is 0 Å². The maximum atomic E-state index is 11.4. The Balaban J connectivity index is 1.98. The molecule has 3 heteroatoms. The molecule has 2 nitrogen and oxygen atoms in total. The topological polar surface area (TPSA) is 20.3 Å². The summed E-state index contributed by atoms with van der Waals surface area (Å²) in [7, 11) is 0. The Morgan fingerprint density at radius 2 is 1.85 bits per heavy atom. The van der Waals surface area contributed by atoms with Crippen LogP contribution in [0.1, 0.15) is 12.8 Å². The van der Waals surface area contributed by atoms with E-state index in [1.807, 2.05) is 4.90 Å². The third kappa shape index (κ3) is 1.80. The van der Waals surface area contributed by atoms with Crippen LogP contribution in [0.5, 0.6) is 0 Å². The van der Waals surface area contributed by atoms with Gasteiger partial charge in [-0.3, -0.25) is 4.79 Å². The summed E-state index contributed by atoms with van der Waals surface area (Å²) in [6.07, 6.45) is 6.83. The van der Waals surface area contributed by atoms with Crippen LogP contribution in [0.3, 0.4) is 0 Å². The van der Waals surface area contributed by atoms with Crippen LogP contribution in [-0.4, -0.2) is 29.2 Å². The van der Waals surface area contributed by atoms with Gasteiger partial charge in [0.25, 0.3) is 0 Å². The molecule has 72 valence electrons.